The molecule has 0 radical (unpaired) electrons. The minimum Gasteiger partial charge on any atom is -0.369 e. The van der Waals surface area contributed by atoms with Gasteiger partial charge in [-0.3, -0.25) is 4.79 Å². The number of pyridine rings is 1. The number of amides is 1. The van der Waals surface area contributed by atoms with Gasteiger partial charge in [-0.05, 0) is 12.5 Å². The number of carbonyl (C=O) groups excluding carboxylic acids is 1. The van der Waals surface area contributed by atoms with Gasteiger partial charge in [-0.15, -0.1) is 0 Å². The zero-order chi connectivity index (χ0) is 14.4. The largest absolute Gasteiger partial charge is 0.369 e. The molecule has 0 saturated carbocycles. The molecule has 0 atom stereocenters. The highest BCUT2D eigenvalue weighted by Crippen LogP contribution is 2.20. The Balaban J connectivity index is 1.97. The number of rotatable bonds is 6. The number of nitrogens with zero attached hydrogens (tertiary/aromatic N) is 2. The second-order valence-corrected chi connectivity index (χ2v) is 4.65. The predicted molar refractivity (Wildman–Crippen MR) is 77.8 cm³/mol. The second kappa shape index (κ2) is 6.91. The smallest absolute Gasteiger partial charge is 0.253 e. The van der Waals surface area contributed by atoms with Gasteiger partial charge in [-0.1, -0.05) is 18.5 Å². The molecular weight excluding hydrogens is 278 g/mol. The zero-order valence-electron chi connectivity index (χ0n) is 11.1. The summed E-state index contributed by atoms with van der Waals surface area (Å²) in [4.78, 5) is 22.9. The summed E-state index contributed by atoms with van der Waals surface area (Å²) >= 11 is 6.09. The molecule has 7 heteroatoms. The Bertz CT molecular complexity index is 570. The van der Waals surface area contributed by atoms with Crippen molar-refractivity contribution in [2.75, 3.05) is 11.9 Å². The van der Waals surface area contributed by atoms with Crippen molar-refractivity contribution < 1.29 is 4.79 Å². The fraction of sp³-hybridized carbons (Fsp3) is 0.308. The van der Waals surface area contributed by atoms with E-state index in [4.69, 9.17) is 11.6 Å². The van der Waals surface area contributed by atoms with Crippen LogP contribution in [-0.4, -0.2) is 27.4 Å². The van der Waals surface area contributed by atoms with Crippen molar-refractivity contribution in [3.63, 3.8) is 0 Å². The first-order valence-corrected chi connectivity index (χ1v) is 6.73. The van der Waals surface area contributed by atoms with E-state index in [2.05, 4.69) is 32.5 Å². The van der Waals surface area contributed by atoms with E-state index < -0.39 is 0 Å². The molecule has 0 aliphatic carbocycles. The molecule has 0 aliphatic rings. The first-order chi connectivity index (χ1) is 9.70. The van der Waals surface area contributed by atoms with Crippen molar-refractivity contribution in [2.45, 2.75) is 19.9 Å². The van der Waals surface area contributed by atoms with Crippen LogP contribution in [0.15, 0.2) is 24.8 Å². The van der Waals surface area contributed by atoms with Gasteiger partial charge in [0.2, 0.25) is 0 Å². The number of nitrogens with one attached hydrogen (secondary N) is 3. The van der Waals surface area contributed by atoms with Crippen LogP contribution in [0, 0.1) is 0 Å². The third-order valence-corrected chi connectivity index (χ3v) is 2.93. The van der Waals surface area contributed by atoms with Gasteiger partial charge in [0, 0.05) is 18.9 Å². The Labute approximate surface area is 122 Å². The van der Waals surface area contributed by atoms with Crippen LogP contribution in [0.1, 0.15) is 29.4 Å². The van der Waals surface area contributed by atoms with Crippen LogP contribution in [0.4, 0.5) is 5.82 Å². The number of hydrogen-bond donors (Lipinski definition) is 3. The van der Waals surface area contributed by atoms with Crippen LogP contribution in [0.3, 0.4) is 0 Å². The highest BCUT2D eigenvalue weighted by molar-refractivity contribution is 6.33. The molecule has 2 aromatic heterocycles. The van der Waals surface area contributed by atoms with Gasteiger partial charge in [0.1, 0.15) is 5.82 Å². The normalized spacial score (nSPS) is 10.3. The van der Waals surface area contributed by atoms with Crippen molar-refractivity contribution >= 4 is 23.3 Å². The molecule has 0 unspecified atom stereocenters. The van der Waals surface area contributed by atoms with Gasteiger partial charge in [0.25, 0.3) is 5.91 Å². The minimum absolute atomic E-state index is 0.226. The van der Waals surface area contributed by atoms with E-state index in [1.165, 1.54) is 6.20 Å². The predicted octanol–water partition coefficient (Wildman–Crippen LogP) is 2.21. The SMILES string of the molecule is CCCNc1ncc(C(=O)NCc2cnc[nH]2)cc1Cl. The number of anilines is 1. The molecule has 1 amide bonds. The first-order valence-electron chi connectivity index (χ1n) is 6.35. The molecule has 0 spiro atoms. The van der Waals surface area contributed by atoms with Crippen molar-refractivity contribution in [3.8, 4) is 0 Å². The molecule has 0 aromatic carbocycles. The lowest BCUT2D eigenvalue weighted by molar-refractivity contribution is 0.0950. The molecule has 0 aliphatic heterocycles. The molecule has 20 heavy (non-hydrogen) atoms. The number of imidazole rings is 1. The summed E-state index contributed by atoms with van der Waals surface area (Å²) in [5, 5.41) is 6.29. The van der Waals surface area contributed by atoms with E-state index in [0.29, 0.717) is 22.9 Å². The molecule has 3 N–H and O–H groups in total. The van der Waals surface area contributed by atoms with Crippen LogP contribution in [0.2, 0.25) is 5.02 Å². The third kappa shape index (κ3) is 3.71. The van der Waals surface area contributed by atoms with Gasteiger partial charge < -0.3 is 15.6 Å². The number of H-pyrrole nitrogens is 1. The molecule has 0 bridgehead atoms. The highest BCUT2D eigenvalue weighted by Gasteiger charge is 2.09. The Morgan fingerprint density at radius 3 is 2.95 bits per heavy atom. The molecular formula is C13H16ClN5O. The average molecular weight is 294 g/mol. The van der Waals surface area contributed by atoms with E-state index in [9.17, 15) is 4.79 Å². The van der Waals surface area contributed by atoms with Crippen LogP contribution < -0.4 is 10.6 Å². The number of carbonyl (C=O) groups is 1. The quantitative estimate of drug-likeness (QED) is 0.762. The summed E-state index contributed by atoms with van der Waals surface area (Å²) in [6, 6.07) is 1.61. The summed E-state index contributed by atoms with van der Waals surface area (Å²) in [6.07, 6.45) is 5.70. The topological polar surface area (TPSA) is 82.7 Å². The molecule has 2 aromatic rings. The number of aromatic amines is 1. The minimum atomic E-state index is -0.226. The maximum absolute atomic E-state index is 12.0. The molecule has 0 fully saturated rings. The molecule has 0 saturated heterocycles. The standard InChI is InChI=1S/C13H16ClN5O/c1-2-3-16-12-11(14)4-9(5-17-12)13(20)18-7-10-6-15-8-19-10/h4-6,8H,2-3,7H2,1H3,(H,15,19)(H,16,17)(H,18,20). The van der Waals surface area contributed by atoms with Crippen molar-refractivity contribution in [1.29, 1.82) is 0 Å². The Morgan fingerprint density at radius 2 is 2.30 bits per heavy atom. The summed E-state index contributed by atoms with van der Waals surface area (Å²) in [5.41, 5.74) is 1.26. The van der Waals surface area contributed by atoms with Crippen LogP contribution in [0.25, 0.3) is 0 Å². The molecule has 2 heterocycles. The third-order valence-electron chi connectivity index (χ3n) is 2.64. The number of aromatic nitrogens is 3. The summed E-state index contributed by atoms with van der Waals surface area (Å²) in [6.45, 7) is 3.22. The lowest BCUT2D eigenvalue weighted by Gasteiger charge is -2.08. The average Bonchev–Trinajstić information content (AvgIpc) is 2.96. The summed E-state index contributed by atoms with van der Waals surface area (Å²) < 4.78 is 0. The maximum atomic E-state index is 12.0. The van der Waals surface area contributed by atoms with Gasteiger partial charge in [-0.2, -0.15) is 0 Å². The van der Waals surface area contributed by atoms with Crippen molar-refractivity contribution in [1.82, 2.24) is 20.3 Å². The number of halogens is 1. The van der Waals surface area contributed by atoms with Gasteiger partial charge in [-0.25, -0.2) is 9.97 Å². The fourth-order valence-electron chi connectivity index (χ4n) is 1.59. The van der Waals surface area contributed by atoms with Crippen LogP contribution >= 0.6 is 11.6 Å². The van der Waals surface area contributed by atoms with E-state index >= 15 is 0 Å². The highest BCUT2D eigenvalue weighted by atomic mass is 35.5. The lowest BCUT2D eigenvalue weighted by atomic mass is 10.2. The summed E-state index contributed by atoms with van der Waals surface area (Å²) in [5.74, 6) is 0.370. The van der Waals surface area contributed by atoms with Crippen LogP contribution in [0.5, 0.6) is 0 Å². The summed E-state index contributed by atoms with van der Waals surface area (Å²) in [7, 11) is 0. The molecule has 106 valence electrons. The maximum Gasteiger partial charge on any atom is 0.253 e. The van der Waals surface area contributed by atoms with Crippen molar-refractivity contribution in [2.24, 2.45) is 0 Å². The van der Waals surface area contributed by atoms with E-state index in [1.807, 2.05) is 0 Å². The van der Waals surface area contributed by atoms with Crippen molar-refractivity contribution in [3.05, 3.63) is 41.1 Å². The fourth-order valence-corrected chi connectivity index (χ4v) is 1.83. The lowest BCUT2D eigenvalue weighted by Crippen LogP contribution is -2.23. The van der Waals surface area contributed by atoms with Gasteiger partial charge in [0.05, 0.1) is 29.2 Å². The molecule has 2 rings (SSSR count). The van der Waals surface area contributed by atoms with E-state index in [-0.39, 0.29) is 5.91 Å². The molecule has 6 nitrogen and oxygen atoms in total. The Hall–Kier alpha value is -2.08. The van der Waals surface area contributed by atoms with Gasteiger partial charge in [0.15, 0.2) is 0 Å². The monoisotopic (exact) mass is 293 g/mol. The Kier molecular flexibility index (Phi) is 4.95. The van der Waals surface area contributed by atoms with E-state index in [1.54, 1.807) is 18.6 Å². The van der Waals surface area contributed by atoms with Crippen LogP contribution in [-0.2, 0) is 6.54 Å². The zero-order valence-corrected chi connectivity index (χ0v) is 11.9. The Morgan fingerprint density at radius 1 is 1.45 bits per heavy atom. The number of hydrogen-bond acceptors (Lipinski definition) is 4. The van der Waals surface area contributed by atoms with Gasteiger partial charge >= 0.3 is 0 Å². The second-order valence-electron chi connectivity index (χ2n) is 4.24. The van der Waals surface area contributed by atoms with E-state index in [0.717, 1.165) is 18.7 Å². The first kappa shape index (κ1) is 14.3.